The van der Waals surface area contributed by atoms with Crippen LogP contribution in [0.25, 0.3) is 0 Å². The second kappa shape index (κ2) is 10.1. The molecule has 216 valence electrons. The Bertz CT molecular complexity index is 1650. The minimum atomic E-state index is -1.58. The number of ether oxygens (including phenoxy) is 2. The summed E-state index contributed by atoms with van der Waals surface area (Å²) in [6.07, 6.45) is 1.84. The third-order valence-electron chi connectivity index (χ3n) is 9.07. The number of imide groups is 2. The molecule has 4 aliphatic rings. The zero-order chi connectivity index (χ0) is 29.0. The van der Waals surface area contributed by atoms with E-state index in [1.54, 1.807) is 36.4 Å². The lowest BCUT2D eigenvalue weighted by molar-refractivity contribution is -0.144. The van der Waals surface area contributed by atoms with Crippen molar-refractivity contribution in [2.75, 3.05) is 31.3 Å². The summed E-state index contributed by atoms with van der Waals surface area (Å²) in [5.41, 5.74) is 1.63. The van der Waals surface area contributed by atoms with E-state index in [1.165, 1.54) is 0 Å². The second-order valence-corrected chi connectivity index (χ2v) is 11.8. The topological polar surface area (TPSA) is 110 Å². The normalized spacial score (nSPS) is 24.9. The van der Waals surface area contributed by atoms with Crippen molar-refractivity contribution in [3.63, 3.8) is 0 Å². The molecule has 0 spiro atoms. The van der Waals surface area contributed by atoms with Crippen LogP contribution in [0, 0.1) is 11.3 Å². The molecule has 2 bridgehead atoms. The highest BCUT2D eigenvalue weighted by Crippen LogP contribution is 2.40. The Hall–Kier alpha value is -4.44. The highest BCUT2D eigenvalue weighted by molar-refractivity contribution is 6.30. The quantitative estimate of drug-likeness (QED) is 0.455. The predicted octanol–water partition coefficient (Wildman–Crippen LogP) is 3.07. The first-order valence-electron chi connectivity index (χ1n) is 14.4. The van der Waals surface area contributed by atoms with E-state index in [2.05, 4.69) is 10.2 Å². The number of nitrogens with one attached hydrogen (secondary N) is 1. The summed E-state index contributed by atoms with van der Waals surface area (Å²) in [7, 11) is 0. The fraction of sp³-hybridized carbons (Fsp3) is 0.375. The molecule has 2 aromatic carbocycles. The maximum atomic E-state index is 14.5. The smallest absolute Gasteiger partial charge is 0.335 e. The molecule has 1 aromatic heterocycles. The van der Waals surface area contributed by atoms with E-state index < -0.39 is 23.3 Å². The van der Waals surface area contributed by atoms with Crippen LogP contribution >= 0.6 is 0 Å². The van der Waals surface area contributed by atoms with Crippen LogP contribution in [0.5, 0.6) is 11.5 Å². The number of aryl methyl sites for hydroxylation is 1. The number of urea groups is 1. The third-order valence-corrected chi connectivity index (χ3v) is 9.07. The predicted molar refractivity (Wildman–Crippen MR) is 154 cm³/mol. The van der Waals surface area contributed by atoms with E-state index >= 15 is 0 Å². The van der Waals surface area contributed by atoms with E-state index in [9.17, 15) is 19.2 Å². The largest absolute Gasteiger partial charge is 0.454 e. The number of hydrogen-bond donors (Lipinski definition) is 1. The number of likely N-dealkylation sites (tertiary alicyclic amines) is 1. The number of anilines is 1. The fourth-order valence-electron chi connectivity index (χ4n) is 7.05. The molecule has 10 heteroatoms. The number of carbonyl (C=O) groups is 3. The summed E-state index contributed by atoms with van der Waals surface area (Å²) in [6, 6.07) is 17.3. The van der Waals surface area contributed by atoms with E-state index in [-0.39, 0.29) is 37.2 Å². The Balaban J connectivity index is 1.26. The first-order chi connectivity index (χ1) is 20.3. The molecule has 0 radical (unpaired) electrons. The zero-order valence-electron chi connectivity index (χ0n) is 23.4. The number of fused-ring (bicyclic) bond motifs is 5. The van der Waals surface area contributed by atoms with Crippen LogP contribution in [-0.4, -0.2) is 53.7 Å². The van der Waals surface area contributed by atoms with Gasteiger partial charge >= 0.3 is 6.03 Å². The van der Waals surface area contributed by atoms with Gasteiger partial charge in [0.2, 0.25) is 12.7 Å². The summed E-state index contributed by atoms with van der Waals surface area (Å²) in [5.74, 6) is 0.325. The number of hydrogen-bond acceptors (Lipinski definition) is 7. The first kappa shape index (κ1) is 26.5. The third kappa shape index (κ3) is 4.37. The van der Waals surface area contributed by atoms with E-state index in [1.807, 2.05) is 35.8 Å². The lowest BCUT2D eigenvalue weighted by Gasteiger charge is -2.47. The lowest BCUT2D eigenvalue weighted by atomic mass is 9.75. The molecule has 10 nitrogen and oxygen atoms in total. The van der Waals surface area contributed by atoms with Gasteiger partial charge in [-0.1, -0.05) is 31.2 Å². The van der Waals surface area contributed by atoms with Crippen LogP contribution < -0.4 is 25.2 Å². The SMILES string of the molecule is CCc1ccc(N2C(=O)NC(=O)[C@@](Cc3ccc4c(c3)OCO4)(CN3C[C@H]4C[C@@H](C3)c3cccc(=O)n3C4)C2=O)cc1. The highest BCUT2D eigenvalue weighted by atomic mass is 16.7. The maximum absolute atomic E-state index is 14.5. The summed E-state index contributed by atoms with van der Waals surface area (Å²) in [4.78, 5) is 57.4. The monoisotopic (exact) mass is 568 g/mol. The first-order valence-corrected chi connectivity index (χ1v) is 14.4. The van der Waals surface area contributed by atoms with Gasteiger partial charge in [0, 0.05) is 43.9 Å². The van der Waals surface area contributed by atoms with Crippen LogP contribution in [-0.2, 0) is 29.0 Å². The summed E-state index contributed by atoms with van der Waals surface area (Å²) >= 11 is 0. The van der Waals surface area contributed by atoms with Gasteiger partial charge in [-0.15, -0.1) is 0 Å². The molecule has 4 aliphatic heterocycles. The van der Waals surface area contributed by atoms with Crippen molar-refractivity contribution < 1.29 is 23.9 Å². The van der Waals surface area contributed by atoms with Crippen molar-refractivity contribution in [3.8, 4) is 11.5 Å². The Morgan fingerprint density at radius 2 is 1.69 bits per heavy atom. The zero-order valence-corrected chi connectivity index (χ0v) is 23.4. The van der Waals surface area contributed by atoms with Gasteiger partial charge in [0.15, 0.2) is 11.5 Å². The molecule has 0 saturated carbocycles. The van der Waals surface area contributed by atoms with Gasteiger partial charge in [-0.25, -0.2) is 9.69 Å². The average molecular weight is 569 g/mol. The van der Waals surface area contributed by atoms with Crippen LogP contribution in [0.3, 0.4) is 0 Å². The standard InChI is InChI=1S/C32H32N4O6/c1-2-20-6-9-24(10-7-20)36-30(39)32(29(38)33-31(36)40,14-21-8-11-26-27(13-21)42-19-41-26)18-34-15-22-12-23(17-34)25-4-3-5-28(37)35(25)16-22/h3-11,13,22-23H,2,12,14-19H2,1H3,(H,33,38,40)/t22-,23+,32-/m1/s1. The van der Waals surface area contributed by atoms with E-state index in [4.69, 9.17) is 9.47 Å². The van der Waals surface area contributed by atoms with E-state index in [0.717, 1.165) is 34.6 Å². The summed E-state index contributed by atoms with van der Waals surface area (Å²) < 4.78 is 12.9. The van der Waals surface area contributed by atoms with Crippen LogP contribution in [0.2, 0.25) is 0 Å². The Labute approximate surface area is 242 Å². The van der Waals surface area contributed by atoms with Crippen molar-refractivity contribution in [2.45, 2.75) is 38.6 Å². The number of barbiturate groups is 1. The maximum Gasteiger partial charge on any atom is 0.335 e. The fourth-order valence-corrected chi connectivity index (χ4v) is 7.05. The minimum Gasteiger partial charge on any atom is -0.454 e. The molecule has 5 heterocycles. The number of nitrogens with zero attached hydrogens (tertiary/aromatic N) is 3. The van der Waals surface area contributed by atoms with Gasteiger partial charge < -0.3 is 18.9 Å². The van der Waals surface area contributed by atoms with Crippen molar-refractivity contribution >= 4 is 23.5 Å². The Morgan fingerprint density at radius 1 is 0.905 bits per heavy atom. The number of piperidine rings is 1. The molecule has 42 heavy (non-hydrogen) atoms. The molecule has 3 aromatic rings. The summed E-state index contributed by atoms with van der Waals surface area (Å²) in [5, 5.41) is 2.51. The average Bonchev–Trinajstić information content (AvgIpc) is 3.45. The second-order valence-electron chi connectivity index (χ2n) is 11.8. The van der Waals surface area contributed by atoms with Crippen LogP contribution in [0.15, 0.2) is 65.5 Å². The molecule has 0 aliphatic carbocycles. The van der Waals surface area contributed by atoms with Crippen molar-refractivity contribution in [1.82, 2.24) is 14.8 Å². The lowest BCUT2D eigenvalue weighted by Crippen LogP contribution is -2.68. The number of aromatic nitrogens is 1. The van der Waals surface area contributed by atoms with Crippen molar-refractivity contribution in [1.29, 1.82) is 0 Å². The molecule has 7 rings (SSSR count). The Kier molecular flexibility index (Phi) is 6.38. The summed E-state index contributed by atoms with van der Waals surface area (Å²) in [6.45, 7) is 4.12. The molecular formula is C32H32N4O6. The molecule has 1 N–H and O–H groups in total. The van der Waals surface area contributed by atoms with Gasteiger partial charge in [-0.3, -0.25) is 19.7 Å². The number of carbonyl (C=O) groups excluding carboxylic acids is 3. The number of amides is 4. The van der Waals surface area contributed by atoms with Crippen LogP contribution in [0.1, 0.15) is 36.1 Å². The minimum absolute atomic E-state index is 0.00000951. The van der Waals surface area contributed by atoms with Crippen LogP contribution in [0.4, 0.5) is 10.5 Å². The number of pyridine rings is 1. The van der Waals surface area contributed by atoms with Gasteiger partial charge in [-0.2, -0.15) is 0 Å². The molecular weight excluding hydrogens is 536 g/mol. The molecule has 2 saturated heterocycles. The molecule has 0 unspecified atom stereocenters. The molecule has 4 amide bonds. The van der Waals surface area contributed by atoms with Gasteiger partial charge in [-0.05, 0) is 66.6 Å². The van der Waals surface area contributed by atoms with Gasteiger partial charge in [0.05, 0.1) is 5.69 Å². The van der Waals surface area contributed by atoms with E-state index in [0.29, 0.717) is 36.8 Å². The van der Waals surface area contributed by atoms with Gasteiger partial charge in [0.1, 0.15) is 5.41 Å². The molecule has 2 fully saturated rings. The number of benzene rings is 2. The van der Waals surface area contributed by atoms with Crippen molar-refractivity contribution in [3.05, 3.63) is 87.8 Å². The Morgan fingerprint density at radius 3 is 2.50 bits per heavy atom. The molecule has 3 atom stereocenters. The highest BCUT2D eigenvalue weighted by Gasteiger charge is 2.56. The number of rotatable bonds is 6. The van der Waals surface area contributed by atoms with Crippen molar-refractivity contribution in [2.24, 2.45) is 11.3 Å². The van der Waals surface area contributed by atoms with Gasteiger partial charge in [0.25, 0.3) is 11.5 Å².